The Hall–Kier alpha value is -3.48. The van der Waals surface area contributed by atoms with Gasteiger partial charge in [-0.05, 0) is 67.3 Å². The van der Waals surface area contributed by atoms with Crippen LogP contribution in [0.3, 0.4) is 0 Å². The number of hydrogen-bond donors (Lipinski definition) is 1. The van der Waals surface area contributed by atoms with Gasteiger partial charge in [0.15, 0.2) is 11.5 Å². The number of ether oxygens (including phenoxy) is 2. The molecule has 0 aliphatic carbocycles. The third-order valence-electron chi connectivity index (χ3n) is 5.62. The van der Waals surface area contributed by atoms with Crippen LogP contribution in [-0.2, 0) is 19.5 Å². The zero-order chi connectivity index (χ0) is 22.0. The Morgan fingerprint density at radius 2 is 1.81 bits per heavy atom. The van der Waals surface area contributed by atoms with Crippen LogP contribution in [0.2, 0.25) is 0 Å². The van der Waals surface area contributed by atoms with Crippen molar-refractivity contribution in [2.24, 2.45) is 0 Å². The molecule has 3 aromatic rings. The van der Waals surface area contributed by atoms with Gasteiger partial charge >= 0.3 is 6.03 Å². The lowest BCUT2D eigenvalue weighted by Gasteiger charge is -2.29. The summed E-state index contributed by atoms with van der Waals surface area (Å²) in [6.45, 7) is 5.89. The van der Waals surface area contributed by atoms with Gasteiger partial charge in [-0.15, -0.1) is 0 Å². The molecule has 7 heteroatoms. The van der Waals surface area contributed by atoms with Gasteiger partial charge < -0.3 is 19.7 Å². The predicted octanol–water partition coefficient (Wildman–Crippen LogP) is 4.16. The molecule has 0 fully saturated rings. The summed E-state index contributed by atoms with van der Waals surface area (Å²) >= 11 is 0. The molecule has 0 radical (unpaired) electrons. The zero-order valence-electron chi connectivity index (χ0n) is 18.4. The highest BCUT2D eigenvalue weighted by Crippen LogP contribution is 2.33. The number of nitrogens with one attached hydrogen (secondary N) is 1. The molecular weight excluding hydrogens is 392 g/mol. The van der Waals surface area contributed by atoms with Gasteiger partial charge in [0.25, 0.3) is 0 Å². The number of rotatable bonds is 5. The first kappa shape index (κ1) is 20.8. The highest BCUT2D eigenvalue weighted by Gasteiger charge is 2.23. The minimum atomic E-state index is -0.108. The highest BCUT2D eigenvalue weighted by atomic mass is 16.5. The van der Waals surface area contributed by atoms with E-state index in [9.17, 15) is 4.79 Å². The van der Waals surface area contributed by atoms with Crippen molar-refractivity contribution in [3.05, 3.63) is 70.5 Å². The average molecular weight is 421 g/mol. The fraction of sp³-hybridized carbons (Fsp3) is 0.333. The second kappa shape index (κ2) is 8.71. The molecule has 0 bridgehead atoms. The Balaban J connectivity index is 1.45. The number of nitrogens with zero attached hydrogens (tertiary/aromatic N) is 3. The summed E-state index contributed by atoms with van der Waals surface area (Å²) in [7, 11) is 3.26. The molecule has 2 heterocycles. The highest BCUT2D eigenvalue weighted by molar-refractivity contribution is 5.89. The number of anilines is 1. The lowest BCUT2D eigenvalue weighted by atomic mass is 9.99. The lowest BCUT2D eigenvalue weighted by molar-refractivity contribution is 0.206. The molecule has 0 atom stereocenters. The van der Waals surface area contributed by atoms with Crippen LogP contribution in [0, 0.1) is 13.8 Å². The monoisotopic (exact) mass is 420 g/mol. The first-order chi connectivity index (χ1) is 15.0. The first-order valence-electron chi connectivity index (χ1n) is 10.4. The fourth-order valence-electron chi connectivity index (χ4n) is 4.01. The Morgan fingerprint density at radius 3 is 2.48 bits per heavy atom. The molecule has 0 saturated heterocycles. The van der Waals surface area contributed by atoms with Gasteiger partial charge in [-0.25, -0.2) is 4.79 Å². The third-order valence-corrected chi connectivity index (χ3v) is 5.62. The SMILES string of the molecule is COc1cc2c(cc1OC)CN(C(=O)Nc1cccc(Cn3nc(C)cc3C)c1)CC2. The van der Waals surface area contributed by atoms with E-state index in [1.807, 2.05) is 59.8 Å². The van der Waals surface area contributed by atoms with Crippen molar-refractivity contribution in [3.8, 4) is 11.5 Å². The first-order valence-corrected chi connectivity index (χ1v) is 10.4. The van der Waals surface area contributed by atoms with E-state index in [0.29, 0.717) is 25.4 Å². The summed E-state index contributed by atoms with van der Waals surface area (Å²) in [6.07, 6.45) is 0.779. The molecule has 2 aromatic carbocycles. The smallest absolute Gasteiger partial charge is 0.322 e. The Labute approximate surface area is 182 Å². The van der Waals surface area contributed by atoms with Gasteiger partial charge in [-0.1, -0.05) is 12.1 Å². The normalized spacial score (nSPS) is 13.0. The van der Waals surface area contributed by atoms with E-state index in [-0.39, 0.29) is 6.03 Å². The molecule has 31 heavy (non-hydrogen) atoms. The van der Waals surface area contributed by atoms with E-state index >= 15 is 0 Å². The number of carbonyl (C=O) groups is 1. The van der Waals surface area contributed by atoms with Crippen molar-refractivity contribution >= 4 is 11.7 Å². The van der Waals surface area contributed by atoms with Crippen molar-refractivity contribution in [2.75, 3.05) is 26.1 Å². The summed E-state index contributed by atoms with van der Waals surface area (Å²) in [6, 6.07) is 13.8. The van der Waals surface area contributed by atoms with E-state index in [1.54, 1.807) is 14.2 Å². The van der Waals surface area contributed by atoms with Crippen LogP contribution in [0.4, 0.5) is 10.5 Å². The van der Waals surface area contributed by atoms with Crippen molar-refractivity contribution in [1.29, 1.82) is 0 Å². The number of amides is 2. The second-order valence-corrected chi connectivity index (χ2v) is 7.86. The zero-order valence-corrected chi connectivity index (χ0v) is 18.4. The molecule has 2 amide bonds. The lowest BCUT2D eigenvalue weighted by Crippen LogP contribution is -2.38. The molecule has 162 valence electrons. The number of hydrogen-bond acceptors (Lipinski definition) is 4. The number of carbonyl (C=O) groups excluding carboxylic acids is 1. The molecular formula is C24H28N4O3. The van der Waals surface area contributed by atoms with Crippen LogP contribution >= 0.6 is 0 Å². The molecule has 4 rings (SSSR count). The molecule has 1 N–H and O–H groups in total. The largest absolute Gasteiger partial charge is 0.493 e. The van der Waals surface area contributed by atoms with Crippen molar-refractivity contribution in [3.63, 3.8) is 0 Å². The van der Waals surface area contributed by atoms with Crippen LogP contribution in [0.25, 0.3) is 0 Å². The van der Waals surface area contributed by atoms with E-state index in [4.69, 9.17) is 9.47 Å². The van der Waals surface area contributed by atoms with E-state index in [1.165, 1.54) is 5.56 Å². The van der Waals surface area contributed by atoms with Crippen LogP contribution < -0.4 is 14.8 Å². The molecule has 7 nitrogen and oxygen atoms in total. The Bertz CT molecular complexity index is 1110. The summed E-state index contributed by atoms with van der Waals surface area (Å²) < 4.78 is 12.8. The van der Waals surface area contributed by atoms with Gasteiger partial charge in [0.2, 0.25) is 0 Å². The van der Waals surface area contributed by atoms with E-state index < -0.39 is 0 Å². The van der Waals surface area contributed by atoms with Gasteiger partial charge in [0.1, 0.15) is 0 Å². The van der Waals surface area contributed by atoms with Crippen molar-refractivity contribution < 1.29 is 14.3 Å². The summed E-state index contributed by atoms with van der Waals surface area (Å²) in [4.78, 5) is 14.7. The maximum atomic E-state index is 12.9. The third kappa shape index (κ3) is 4.50. The van der Waals surface area contributed by atoms with Crippen LogP contribution in [0.5, 0.6) is 11.5 Å². The Kier molecular flexibility index (Phi) is 5.84. The number of aryl methyl sites for hydroxylation is 2. The predicted molar refractivity (Wildman–Crippen MR) is 120 cm³/mol. The number of urea groups is 1. The number of methoxy groups -OCH3 is 2. The van der Waals surface area contributed by atoms with Crippen molar-refractivity contribution in [1.82, 2.24) is 14.7 Å². The summed E-state index contributed by atoms with van der Waals surface area (Å²) in [5, 5.41) is 7.56. The number of benzene rings is 2. The maximum absolute atomic E-state index is 12.9. The topological polar surface area (TPSA) is 68.6 Å². The minimum Gasteiger partial charge on any atom is -0.493 e. The molecule has 1 aromatic heterocycles. The van der Waals surface area contributed by atoms with Crippen molar-refractivity contribution in [2.45, 2.75) is 33.4 Å². The quantitative estimate of drug-likeness (QED) is 0.673. The molecule has 0 unspecified atom stereocenters. The van der Waals surface area contributed by atoms with E-state index in [2.05, 4.69) is 16.5 Å². The van der Waals surface area contributed by atoms with Gasteiger partial charge in [0, 0.05) is 24.5 Å². The number of fused-ring (bicyclic) bond motifs is 1. The van der Waals surface area contributed by atoms with Crippen LogP contribution in [-0.4, -0.2) is 41.5 Å². The maximum Gasteiger partial charge on any atom is 0.322 e. The fourth-order valence-corrected chi connectivity index (χ4v) is 4.01. The standard InChI is InChI=1S/C24H28N4O3/c1-16-10-17(2)28(26-16)14-18-6-5-7-21(11-18)25-24(29)27-9-8-19-12-22(30-3)23(31-4)13-20(19)15-27/h5-7,10-13H,8-9,14-15H2,1-4H3,(H,25,29). The summed E-state index contributed by atoms with van der Waals surface area (Å²) in [5.41, 5.74) is 6.26. The molecule has 0 saturated carbocycles. The number of aromatic nitrogens is 2. The van der Waals surface area contributed by atoms with Crippen LogP contribution in [0.15, 0.2) is 42.5 Å². The van der Waals surface area contributed by atoms with E-state index in [0.717, 1.165) is 40.4 Å². The second-order valence-electron chi connectivity index (χ2n) is 7.86. The van der Waals surface area contributed by atoms with Crippen LogP contribution in [0.1, 0.15) is 28.1 Å². The molecule has 1 aliphatic rings. The van der Waals surface area contributed by atoms with Gasteiger partial charge in [-0.3, -0.25) is 4.68 Å². The van der Waals surface area contributed by atoms with Gasteiger partial charge in [0.05, 0.1) is 26.5 Å². The average Bonchev–Trinajstić information content (AvgIpc) is 3.08. The minimum absolute atomic E-state index is 0.108. The summed E-state index contributed by atoms with van der Waals surface area (Å²) in [5.74, 6) is 1.40. The van der Waals surface area contributed by atoms with Gasteiger partial charge in [-0.2, -0.15) is 5.10 Å². The molecule has 0 spiro atoms. The molecule has 1 aliphatic heterocycles. The Morgan fingerprint density at radius 1 is 1.06 bits per heavy atom.